The minimum atomic E-state index is 0.103. The molecule has 0 heterocycles. The summed E-state index contributed by atoms with van der Waals surface area (Å²) in [6.07, 6.45) is 0. The van der Waals surface area contributed by atoms with Crippen LogP contribution in [0.25, 0.3) is 0 Å². The number of benzene rings is 1. The fourth-order valence-corrected chi connectivity index (χ4v) is 2.46. The monoisotopic (exact) mass is 283 g/mol. The summed E-state index contributed by atoms with van der Waals surface area (Å²) < 4.78 is 5.31. The molecule has 0 spiro atoms. The molecule has 0 saturated carbocycles. The summed E-state index contributed by atoms with van der Waals surface area (Å²) in [5, 5.41) is 4.41. The summed E-state index contributed by atoms with van der Waals surface area (Å²) in [6, 6.07) is 8.09. The molecule has 1 aromatic carbocycles. The van der Waals surface area contributed by atoms with Gasteiger partial charge in [0, 0.05) is 36.7 Å². The molecule has 0 saturated heterocycles. The Morgan fingerprint density at radius 2 is 1.89 bits per heavy atom. The number of hydrogen-bond donors (Lipinski definition) is 1. The molecule has 1 aromatic rings. The average Bonchev–Trinajstić information content (AvgIpc) is 2.30. The minimum Gasteiger partial charge on any atom is -0.384 e. The molecule has 0 fully saturated rings. The van der Waals surface area contributed by atoms with Gasteiger partial charge in [0.2, 0.25) is 0 Å². The Bertz CT molecular complexity index is 387. The highest BCUT2D eigenvalue weighted by atomic mass is 35.5. The van der Waals surface area contributed by atoms with Crippen molar-refractivity contribution in [3.8, 4) is 0 Å². The Balaban J connectivity index is 2.89. The lowest BCUT2D eigenvalue weighted by Crippen LogP contribution is -2.40. The molecule has 2 nitrogen and oxygen atoms in total. The molecule has 1 rings (SSSR count). The summed E-state index contributed by atoms with van der Waals surface area (Å²) in [5.41, 5.74) is 1.30. The molecule has 0 aliphatic rings. The van der Waals surface area contributed by atoms with Gasteiger partial charge < -0.3 is 10.1 Å². The molecule has 3 heteroatoms. The van der Waals surface area contributed by atoms with Crippen molar-refractivity contribution in [3.63, 3.8) is 0 Å². The highest BCUT2D eigenvalue weighted by Crippen LogP contribution is 2.30. The van der Waals surface area contributed by atoms with Gasteiger partial charge in [0.1, 0.15) is 0 Å². The van der Waals surface area contributed by atoms with Gasteiger partial charge in [0.15, 0.2) is 0 Å². The lowest BCUT2D eigenvalue weighted by Gasteiger charge is -2.29. The van der Waals surface area contributed by atoms with Crippen LogP contribution in [0.4, 0.5) is 0 Å². The Labute approximate surface area is 122 Å². The van der Waals surface area contributed by atoms with E-state index in [-0.39, 0.29) is 5.54 Å². The highest BCUT2D eigenvalue weighted by Gasteiger charge is 2.23. The first-order valence-electron chi connectivity index (χ1n) is 6.83. The van der Waals surface area contributed by atoms with Crippen LogP contribution in [0.5, 0.6) is 0 Å². The number of hydrogen-bond acceptors (Lipinski definition) is 2. The van der Waals surface area contributed by atoms with E-state index in [0.29, 0.717) is 11.8 Å². The molecule has 0 radical (unpaired) electrons. The molecule has 0 amide bonds. The predicted octanol–water partition coefficient (Wildman–Crippen LogP) is 4.09. The van der Waals surface area contributed by atoms with E-state index < -0.39 is 0 Å². The SMILES string of the molecule is COCC(C)C(CNC(C)(C)C)c1ccccc1Cl. The van der Waals surface area contributed by atoms with Crippen LogP contribution in [0.2, 0.25) is 5.02 Å². The van der Waals surface area contributed by atoms with Gasteiger partial charge in [-0.2, -0.15) is 0 Å². The van der Waals surface area contributed by atoms with Crippen LogP contribution in [-0.4, -0.2) is 25.8 Å². The summed E-state index contributed by atoms with van der Waals surface area (Å²) in [7, 11) is 1.75. The molecule has 0 aliphatic carbocycles. The van der Waals surface area contributed by atoms with Crippen LogP contribution in [0.3, 0.4) is 0 Å². The molecule has 108 valence electrons. The van der Waals surface area contributed by atoms with E-state index in [1.807, 2.05) is 18.2 Å². The van der Waals surface area contributed by atoms with Gasteiger partial charge in [-0.3, -0.25) is 0 Å². The summed E-state index contributed by atoms with van der Waals surface area (Å²) in [5.74, 6) is 0.771. The Hall–Kier alpha value is -0.570. The Morgan fingerprint density at radius 1 is 1.26 bits per heavy atom. The van der Waals surface area contributed by atoms with Crippen molar-refractivity contribution in [1.82, 2.24) is 5.32 Å². The van der Waals surface area contributed by atoms with E-state index in [4.69, 9.17) is 16.3 Å². The number of nitrogens with one attached hydrogen (secondary N) is 1. The van der Waals surface area contributed by atoms with E-state index in [0.717, 1.165) is 18.2 Å². The first-order valence-corrected chi connectivity index (χ1v) is 7.21. The van der Waals surface area contributed by atoms with Gasteiger partial charge in [-0.1, -0.05) is 36.7 Å². The number of ether oxygens (including phenoxy) is 1. The van der Waals surface area contributed by atoms with E-state index in [1.54, 1.807) is 7.11 Å². The zero-order valence-corrected chi connectivity index (χ0v) is 13.4. The number of halogens is 1. The van der Waals surface area contributed by atoms with Crippen molar-refractivity contribution in [1.29, 1.82) is 0 Å². The third-order valence-corrected chi connectivity index (χ3v) is 3.62. The average molecular weight is 284 g/mol. The van der Waals surface area contributed by atoms with Gasteiger partial charge in [-0.25, -0.2) is 0 Å². The summed E-state index contributed by atoms with van der Waals surface area (Å²) in [4.78, 5) is 0. The van der Waals surface area contributed by atoms with Crippen LogP contribution in [0.15, 0.2) is 24.3 Å². The maximum Gasteiger partial charge on any atom is 0.0494 e. The molecular weight excluding hydrogens is 258 g/mol. The quantitative estimate of drug-likeness (QED) is 0.849. The third kappa shape index (κ3) is 5.52. The van der Waals surface area contributed by atoms with Gasteiger partial charge in [0.25, 0.3) is 0 Å². The summed E-state index contributed by atoms with van der Waals surface area (Å²) in [6.45, 7) is 10.4. The van der Waals surface area contributed by atoms with E-state index in [1.165, 1.54) is 5.56 Å². The van der Waals surface area contributed by atoms with Crippen LogP contribution >= 0.6 is 11.6 Å². The maximum absolute atomic E-state index is 6.34. The normalized spacial score (nSPS) is 15.3. The molecule has 2 unspecified atom stereocenters. The van der Waals surface area contributed by atoms with Crippen LogP contribution < -0.4 is 5.32 Å². The van der Waals surface area contributed by atoms with Crippen molar-refractivity contribution < 1.29 is 4.74 Å². The molecule has 1 N–H and O–H groups in total. The fourth-order valence-electron chi connectivity index (χ4n) is 2.19. The lowest BCUT2D eigenvalue weighted by molar-refractivity contribution is 0.144. The molecule has 0 aromatic heterocycles. The van der Waals surface area contributed by atoms with Gasteiger partial charge in [-0.15, -0.1) is 0 Å². The van der Waals surface area contributed by atoms with Crippen molar-refractivity contribution in [2.75, 3.05) is 20.3 Å². The second kappa shape index (κ2) is 7.28. The van der Waals surface area contributed by atoms with E-state index in [9.17, 15) is 0 Å². The van der Waals surface area contributed by atoms with Crippen molar-refractivity contribution in [2.45, 2.75) is 39.2 Å². The second-order valence-electron chi connectivity index (χ2n) is 6.19. The maximum atomic E-state index is 6.34. The van der Waals surface area contributed by atoms with Crippen LogP contribution in [-0.2, 0) is 4.74 Å². The van der Waals surface area contributed by atoms with Gasteiger partial charge in [-0.05, 0) is 38.3 Å². The van der Waals surface area contributed by atoms with Crippen molar-refractivity contribution in [2.24, 2.45) is 5.92 Å². The zero-order valence-electron chi connectivity index (χ0n) is 12.7. The topological polar surface area (TPSA) is 21.3 Å². The zero-order chi connectivity index (χ0) is 14.5. The van der Waals surface area contributed by atoms with Crippen LogP contribution in [0, 0.1) is 5.92 Å². The Morgan fingerprint density at radius 3 is 2.42 bits per heavy atom. The van der Waals surface area contributed by atoms with Crippen molar-refractivity contribution >= 4 is 11.6 Å². The number of rotatable bonds is 6. The predicted molar refractivity (Wildman–Crippen MR) is 83.0 cm³/mol. The fraction of sp³-hybridized carbons (Fsp3) is 0.625. The third-order valence-electron chi connectivity index (χ3n) is 3.27. The first kappa shape index (κ1) is 16.5. The first-order chi connectivity index (χ1) is 8.85. The highest BCUT2D eigenvalue weighted by molar-refractivity contribution is 6.31. The minimum absolute atomic E-state index is 0.103. The van der Waals surface area contributed by atoms with Crippen molar-refractivity contribution in [3.05, 3.63) is 34.9 Å². The van der Waals surface area contributed by atoms with E-state index >= 15 is 0 Å². The Kier molecular flexibility index (Phi) is 6.31. The summed E-state index contributed by atoms with van der Waals surface area (Å²) >= 11 is 6.34. The standard InChI is InChI=1S/C16H26ClNO/c1-12(11-19-5)14(10-18-16(2,3)4)13-8-6-7-9-15(13)17/h6-9,12,14,18H,10-11H2,1-5H3. The van der Waals surface area contributed by atoms with Gasteiger partial charge >= 0.3 is 0 Å². The largest absolute Gasteiger partial charge is 0.384 e. The molecule has 2 atom stereocenters. The second-order valence-corrected chi connectivity index (χ2v) is 6.60. The van der Waals surface area contributed by atoms with Gasteiger partial charge in [0.05, 0.1) is 0 Å². The lowest BCUT2D eigenvalue weighted by atomic mass is 9.87. The van der Waals surface area contributed by atoms with Crippen LogP contribution in [0.1, 0.15) is 39.2 Å². The molecule has 0 aliphatic heterocycles. The smallest absolute Gasteiger partial charge is 0.0494 e. The van der Waals surface area contributed by atoms with E-state index in [2.05, 4.69) is 39.1 Å². The molecule has 19 heavy (non-hydrogen) atoms. The number of methoxy groups -OCH3 is 1. The molecule has 0 bridgehead atoms. The molecular formula is C16H26ClNO.